The lowest BCUT2D eigenvalue weighted by Gasteiger charge is -2.07. The van der Waals surface area contributed by atoms with Crippen molar-refractivity contribution in [2.75, 3.05) is 11.1 Å². The monoisotopic (exact) mass is 324 g/mol. The number of carbonyl (C=O) groups is 1. The maximum absolute atomic E-state index is 11.9. The van der Waals surface area contributed by atoms with Gasteiger partial charge in [-0.25, -0.2) is 4.98 Å². The molecule has 0 saturated heterocycles. The molecule has 1 amide bonds. The SMILES string of the molecule is Cc1cc(Cl)ccc1NC(=O)CSc1n[nH]c(C(C)C)n1. The van der Waals surface area contributed by atoms with E-state index >= 15 is 0 Å². The van der Waals surface area contributed by atoms with Crippen molar-refractivity contribution in [1.82, 2.24) is 15.2 Å². The van der Waals surface area contributed by atoms with Crippen molar-refractivity contribution in [3.05, 3.63) is 34.6 Å². The lowest BCUT2D eigenvalue weighted by atomic mass is 10.2. The molecule has 0 fully saturated rings. The molecule has 0 atom stereocenters. The van der Waals surface area contributed by atoms with Gasteiger partial charge in [0.2, 0.25) is 11.1 Å². The Morgan fingerprint density at radius 2 is 2.24 bits per heavy atom. The number of hydrogen-bond donors (Lipinski definition) is 2. The molecule has 21 heavy (non-hydrogen) atoms. The normalized spacial score (nSPS) is 10.9. The third kappa shape index (κ3) is 4.47. The minimum Gasteiger partial charge on any atom is -0.325 e. The molecular formula is C14H17ClN4OS. The van der Waals surface area contributed by atoms with Crippen LogP contribution >= 0.6 is 23.4 Å². The summed E-state index contributed by atoms with van der Waals surface area (Å²) in [6.07, 6.45) is 0. The Balaban J connectivity index is 1.89. The first-order valence-corrected chi connectivity index (χ1v) is 7.93. The fraction of sp³-hybridized carbons (Fsp3) is 0.357. The molecule has 0 aliphatic heterocycles. The number of hydrogen-bond acceptors (Lipinski definition) is 4. The van der Waals surface area contributed by atoms with Gasteiger partial charge in [-0.05, 0) is 30.7 Å². The van der Waals surface area contributed by atoms with Crippen LogP contribution < -0.4 is 5.32 Å². The molecule has 0 aliphatic carbocycles. The van der Waals surface area contributed by atoms with Crippen LogP contribution in [0.25, 0.3) is 0 Å². The first-order valence-electron chi connectivity index (χ1n) is 6.57. The third-order valence-electron chi connectivity index (χ3n) is 2.82. The number of aromatic amines is 1. The van der Waals surface area contributed by atoms with Crippen molar-refractivity contribution < 1.29 is 4.79 Å². The van der Waals surface area contributed by atoms with Crippen LogP contribution in [0.2, 0.25) is 5.02 Å². The fourth-order valence-electron chi connectivity index (χ4n) is 1.66. The van der Waals surface area contributed by atoms with Gasteiger partial charge in [0.15, 0.2) is 0 Å². The molecule has 0 saturated carbocycles. The molecule has 2 rings (SSSR count). The molecule has 1 aromatic heterocycles. The second kappa shape index (κ2) is 6.95. The van der Waals surface area contributed by atoms with E-state index in [0.717, 1.165) is 17.1 Å². The second-order valence-electron chi connectivity index (χ2n) is 4.95. The van der Waals surface area contributed by atoms with E-state index in [1.807, 2.05) is 26.8 Å². The molecule has 0 spiro atoms. The summed E-state index contributed by atoms with van der Waals surface area (Å²) in [5, 5.41) is 11.0. The van der Waals surface area contributed by atoms with Crippen LogP contribution in [0.1, 0.15) is 31.2 Å². The van der Waals surface area contributed by atoms with E-state index in [1.165, 1.54) is 11.8 Å². The molecule has 1 heterocycles. The average molecular weight is 325 g/mol. The van der Waals surface area contributed by atoms with Gasteiger partial charge in [0.05, 0.1) is 5.75 Å². The molecule has 2 N–H and O–H groups in total. The number of nitrogens with zero attached hydrogens (tertiary/aromatic N) is 2. The zero-order chi connectivity index (χ0) is 15.4. The third-order valence-corrected chi connectivity index (χ3v) is 3.91. The molecular weight excluding hydrogens is 308 g/mol. The number of amides is 1. The zero-order valence-electron chi connectivity index (χ0n) is 12.1. The zero-order valence-corrected chi connectivity index (χ0v) is 13.7. The number of carbonyl (C=O) groups excluding carboxylic acids is 1. The van der Waals surface area contributed by atoms with E-state index < -0.39 is 0 Å². The molecule has 1 aromatic carbocycles. The molecule has 112 valence electrons. The van der Waals surface area contributed by atoms with Crippen LogP contribution in [0.5, 0.6) is 0 Å². The summed E-state index contributed by atoms with van der Waals surface area (Å²) in [6, 6.07) is 5.36. The number of aromatic nitrogens is 3. The Morgan fingerprint density at radius 3 is 2.86 bits per heavy atom. The summed E-state index contributed by atoms with van der Waals surface area (Å²) < 4.78 is 0. The Labute approximate surface area is 132 Å². The first kappa shape index (κ1) is 15.9. The summed E-state index contributed by atoms with van der Waals surface area (Å²) in [6.45, 7) is 5.97. The number of aryl methyl sites for hydroxylation is 1. The van der Waals surface area contributed by atoms with Gasteiger partial charge in [-0.3, -0.25) is 9.89 Å². The Hall–Kier alpha value is -1.53. The van der Waals surface area contributed by atoms with Crippen LogP contribution in [-0.2, 0) is 4.79 Å². The van der Waals surface area contributed by atoms with Gasteiger partial charge < -0.3 is 5.32 Å². The van der Waals surface area contributed by atoms with Crippen LogP contribution in [-0.4, -0.2) is 26.8 Å². The lowest BCUT2D eigenvalue weighted by molar-refractivity contribution is -0.113. The van der Waals surface area contributed by atoms with Crippen molar-refractivity contribution in [1.29, 1.82) is 0 Å². The highest BCUT2D eigenvalue weighted by Crippen LogP contribution is 2.21. The highest BCUT2D eigenvalue weighted by Gasteiger charge is 2.10. The van der Waals surface area contributed by atoms with Crippen molar-refractivity contribution in [2.24, 2.45) is 0 Å². The standard InChI is InChI=1S/C14H17ClN4OS/c1-8(2)13-17-14(19-18-13)21-7-12(20)16-11-5-4-10(15)6-9(11)3/h4-6,8H,7H2,1-3H3,(H,16,20)(H,17,18,19). The second-order valence-corrected chi connectivity index (χ2v) is 6.33. The van der Waals surface area contributed by atoms with Crippen LogP contribution in [0.3, 0.4) is 0 Å². The fourth-order valence-corrected chi connectivity index (χ4v) is 2.50. The van der Waals surface area contributed by atoms with Gasteiger partial charge in [-0.2, -0.15) is 0 Å². The lowest BCUT2D eigenvalue weighted by Crippen LogP contribution is -2.14. The number of thioether (sulfide) groups is 1. The maximum atomic E-state index is 11.9. The number of H-pyrrole nitrogens is 1. The smallest absolute Gasteiger partial charge is 0.234 e. The van der Waals surface area contributed by atoms with E-state index in [2.05, 4.69) is 20.5 Å². The van der Waals surface area contributed by atoms with Crippen molar-refractivity contribution >= 4 is 35.0 Å². The number of benzene rings is 1. The Kier molecular flexibility index (Phi) is 5.25. The van der Waals surface area contributed by atoms with E-state index in [9.17, 15) is 4.79 Å². The largest absolute Gasteiger partial charge is 0.325 e. The van der Waals surface area contributed by atoms with Crippen molar-refractivity contribution in [2.45, 2.75) is 31.8 Å². The molecule has 7 heteroatoms. The molecule has 0 radical (unpaired) electrons. The van der Waals surface area contributed by atoms with Crippen LogP contribution in [0, 0.1) is 6.92 Å². The number of nitrogens with one attached hydrogen (secondary N) is 2. The molecule has 0 unspecified atom stereocenters. The van der Waals surface area contributed by atoms with Crippen molar-refractivity contribution in [3.63, 3.8) is 0 Å². The van der Waals surface area contributed by atoms with Crippen LogP contribution in [0.4, 0.5) is 5.69 Å². The predicted octanol–water partition coefficient (Wildman–Crippen LogP) is 3.62. The minimum absolute atomic E-state index is 0.0960. The van der Waals surface area contributed by atoms with Gasteiger partial charge in [-0.1, -0.05) is 37.2 Å². The average Bonchev–Trinajstić information content (AvgIpc) is 2.89. The van der Waals surface area contributed by atoms with E-state index in [4.69, 9.17) is 11.6 Å². The quantitative estimate of drug-likeness (QED) is 0.824. The van der Waals surface area contributed by atoms with Gasteiger partial charge >= 0.3 is 0 Å². The number of rotatable bonds is 5. The van der Waals surface area contributed by atoms with E-state index in [0.29, 0.717) is 10.2 Å². The van der Waals surface area contributed by atoms with E-state index in [-0.39, 0.29) is 17.6 Å². The summed E-state index contributed by atoms with van der Waals surface area (Å²) in [4.78, 5) is 16.2. The van der Waals surface area contributed by atoms with Gasteiger partial charge in [-0.15, -0.1) is 5.10 Å². The van der Waals surface area contributed by atoms with Crippen LogP contribution in [0.15, 0.2) is 23.4 Å². The summed E-state index contributed by atoms with van der Waals surface area (Å²) in [5.74, 6) is 1.28. The molecule has 2 aromatic rings. The maximum Gasteiger partial charge on any atom is 0.234 e. The van der Waals surface area contributed by atoms with Gasteiger partial charge in [0, 0.05) is 16.6 Å². The first-order chi connectivity index (χ1) is 9.95. The van der Waals surface area contributed by atoms with E-state index in [1.54, 1.807) is 12.1 Å². The molecule has 0 aliphatic rings. The Morgan fingerprint density at radius 1 is 1.48 bits per heavy atom. The highest BCUT2D eigenvalue weighted by atomic mass is 35.5. The molecule has 5 nitrogen and oxygen atoms in total. The summed E-state index contributed by atoms with van der Waals surface area (Å²) in [7, 11) is 0. The number of anilines is 1. The summed E-state index contributed by atoms with van der Waals surface area (Å²) >= 11 is 7.19. The Bertz CT molecular complexity index is 642. The number of halogens is 1. The van der Waals surface area contributed by atoms with Crippen molar-refractivity contribution in [3.8, 4) is 0 Å². The topological polar surface area (TPSA) is 70.7 Å². The molecule has 0 bridgehead atoms. The van der Waals surface area contributed by atoms with Gasteiger partial charge in [0.25, 0.3) is 0 Å². The van der Waals surface area contributed by atoms with Gasteiger partial charge in [0.1, 0.15) is 5.82 Å². The minimum atomic E-state index is -0.0960. The highest BCUT2D eigenvalue weighted by molar-refractivity contribution is 7.99. The predicted molar refractivity (Wildman–Crippen MR) is 86.0 cm³/mol. The summed E-state index contributed by atoms with van der Waals surface area (Å²) in [5.41, 5.74) is 1.70.